The third-order valence-corrected chi connectivity index (χ3v) is 5.25. The maximum atomic E-state index is 13.7. The molecule has 1 saturated carbocycles. The summed E-state index contributed by atoms with van der Waals surface area (Å²) in [5.74, 6) is -1.10. The van der Waals surface area contributed by atoms with Gasteiger partial charge in [-0.05, 0) is 67.9 Å². The number of hydrogen-bond donors (Lipinski definition) is 0. The van der Waals surface area contributed by atoms with Crippen LogP contribution in [0.5, 0.6) is 0 Å². The average molecular weight is 437 g/mol. The first-order chi connectivity index (χ1) is 14.5. The number of rotatable bonds is 8. The smallest absolute Gasteiger partial charge is 0.548 e. The van der Waals surface area contributed by atoms with E-state index in [1.807, 2.05) is 6.07 Å². The molecule has 3 rings (SSSR count). The van der Waals surface area contributed by atoms with Crippen molar-refractivity contribution in [2.24, 2.45) is 11.8 Å². The Bertz CT molecular complexity index is 843. The third-order valence-electron chi connectivity index (χ3n) is 5.25. The van der Waals surface area contributed by atoms with Crippen molar-refractivity contribution in [3.8, 4) is 0 Å². The van der Waals surface area contributed by atoms with Crippen LogP contribution in [-0.4, -0.2) is 31.9 Å². The predicted octanol–water partition coefficient (Wildman–Crippen LogP) is 0.677. The summed E-state index contributed by atoms with van der Waals surface area (Å²) in [5.41, 5.74) is 1.00. The van der Waals surface area contributed by atoms with E-state index in [2.05, 4.69) is 0 Å². The van der Waals surface area contributed by atoms with E-state index in [-0.39, 0.29) is 48.7 Å². The summed E-state index contributed by atoms with van der Waals surface area (Å²) in [6.45, 7) is 0.304. The molecule has 0 spiro atoms. The molecule has 0 unspecified atom stereocenters. The number of carbonyl (C=O) groups excluding carboxylic acids is 2. The number of ether oxygens (including phenoxy) is 2. The Kier molecular flexibility index (Phi) is 10.5. The van der Waals surface area contributed by atoms with E-state index in [0.717, 1.165) is 25.7 Å². The third kappa shape index (κ3) is 7.92. The van der Waals surface area contributed by atoms with Crippen LogP contribution in [-0.2, 0) is 14.3 Å². The van der Waals surface area contributed by atoms with Crippen LogP contribution in [0.3, 0.4) is 0 Å². The first-order valence-corrected chi connectivity index (χ1v) is 10.1. The molecule has 31 heavy (non-hydrogen) atoms. The van der Waals surface area contributed by atoms with E-state index in [1.165, 1.54) is 17.0 Å². The molecular weight excluding hydrogens is 412 g/mol. The van der Waals surface area contributed by atoms with Gasteiger partial charge >= 0.3 is 35.7 Å². The van der Waals surface area contributed by atoms with Gasteiger partial charge in [0, 0.05) is 6.61 Å². The fourth-order valence-corrected chi connectivity index (χ4v) is 3.68. The van der Waals surface area contributed by atoms with E-state index in [9.17, 15) is 19.1 Å². The van der Waals surface area contributed by atoms with Gasteiger partial charge in [-0.2, -0.15) is 0 Å². The zero-order chi connectivity index (χ0) is 21.3. The largest absolute Gasteiger partial charge is 1.00 e. The summed E-state index contributed by atoms with van der Waals surface area (Å²) in [4.78, 5) is 24.6. The summed E-state index contributed by atoms with van der Waals surface area (Å²) >= 11 is 0. The number of carboxylic acid groups (broad SMARTS) is 1. The van der Waals surface area contributed by atoms with Crippen LogP contribution in [0.1, 0.15) is 25.7 Å². The second-order valence-corrected chi connectivity index (χ2v) is 7.50. The number of para-hydroxylation sites is 1. The van der Waals surface area contributed by atoms with Crippen molar-refractivity contribution in [2.45, 2.75) is 25.7 Å². The maximum absolute atomic E-state index is 13.7. The number of carbonyl (C=O) groups is 2. The number of anilines is 2. The van der Waals surface area contributed by atoms with Gasteiger partial charge in [-0.15, -0.1) is 0 Å². The predicted molar refractivity (Wildman–Crippen MR) is 108 cm³/mol. The van der Waals surface area contributed by atoms with Crippen molar-refractivity contribution >= 4 is 23.4 Å². The number of benzene rings is 2. The first kappa shape index (κ1) is 25.3. The summed E-state index contributed by atoms with van der Waals surface area (Å²) in [6, 6.07) is 14.8. The normalized spacial score (nSPS) is 18.0. The van der Waals surface area contributed by atoms with Gasteiger partial charge in [0.05, 0.1) is 30.6 Å². The van der Waals surface area contributed by atoms with Crippen LogP contribution in [0.15, 0.2) is 54.6 Å². The molecule has 0 N–H and O–H groups in total. The Morgan fingerprint density at radius 2 is 1.55 bits per heavy atom. The quantitative estimate of drug-likeness (QED) is 0.568. The van der Waals surface area contributed by atoms with Crippen molar-refractivity contribution in [2.75, 3.05) is 24.7 Å². The van der Waals surface area contributed by atoms with Crippen LogP contribution < -0.4 is 39.6 Å². The van der Waals surface area contributed by atoms with Crippen molar-refractivity contribution in [1.82, 2.24) is 0 Å². The van der Waals surface area contributed by atoms with Gasteiger partial charge in [-0.1, -0.05) is 24.3 Å². The summed E-state index contributed by atoms with van der Waals surface area (Å²) in [7, 11) is 0. The first-order valence-electron chi connectivity index (χ1n) is 10.1. The van der Waals surface area contributed by atoms with E-state index in [1.54, 1.807) is 36.4 Å². The molecule has 2 aromatic rings. The van der Waals surface area contributed by atoms with Gasteiger partial charge < -0.3 is 19.4 Å². The fourth-order valence-electron chi connectivity index (χ4n) is 3.68. The van der Waals surface area contributed by atoms with Crippen molar-refractivity contribution in [1.29, 1.82) is 0 Å². The van der Waals surface area contributed by atoms with Gasteiger partial charge in [0.15, 0.2) is 0 Å². The maximum Gasteiger partial charge on any atom is 1.00 e. The zero-order valence-electron chi connectivity index (χ0n) is 17.7. The molecule has 1 fully saturated rings. The molecule has 2 aromatic carbocycles. The van der Waals surface area contributed by atoms with E-state index in [0.29, 0.717) is 23.9 Å². The van der Waals surface area contributed by atoms with Crippen LogP contribution in [0.25, 0.3) is 0 Å². The topological polar surface area (TPSA) is 78.9 Å². The number of aliphatic carboxylic acids is 1. The van der Waals surface area contributed by atoms with Gasteiger partial charge in [0.25, 0.3) is 0 Å². The zero-order valence-corrected chi connectivity index (χ0v) is 19.7. The van der Waals surface area contributed by atoms with Crippen LogP contribution in [0.2, 0.25) is 0 Å². The minimum Gasteiger partial charge on any atom is -0.548 e. The van der Waals surface area contributed by atoms with E-state index >= 15 is 0 Å². The average Bonchev–Trinajstić information content (AvgIpc) is 2.74. The molecule has 0 aromatic heterocycles. The molecule has 0 bridgehead atoms. The van der Waals surface area contributed by atoms with Gasteiger partial charge in [0.1, 0.15) is 5.82 Å². The van der Waals surface area contributed by atoms with Crippen LogP contribution in [0, 0.1) is 17.7 Å². The molecule has 1 aliphatic carbocycles. The standard InChI is InChI=1S/C23H26FNO5.Na/c24-19-5-4-8-21(13-19)25(20-6-2-1-3-7-20)23(28)30-15-18-11-9-17(10-12-18)14-29-16-22(26)27;/h1-8,13,17-18H,9-12,14-16H2,(H,26,27);/q;+1/p-1/t17-,18-;. The van der Waals surface area contributed by atoms with Crippen LogP contribution in [0.4, 0.5) is 20.6 Å². The summed E-state index contributed by atoms with van der Waals surface area (Å²) in [6.07, 6.45) is 2.98. The SMILES string of the molecule is O=C([O-])COC[C@H]1CC[C@H](COC(=O)N(c2ccccc2)c2cccc(F)c2)CC1.[Na+]. The van der Waals surface area contributed by atoms with E-state index in [4.69, 9.17) is 9.47 Å². The summed E-state index contributed by atoms with van der Waals surface area (Å²) in [5, 5.41) is 10.4. The molecule has 0 radical (unpaired) electrons. The molecule has 1 aliphatic rings. The van der Waals surface area contributed by atoms with Gasteiger partial charge in [-0.25, -0.2) is 14.1 Å². The molecule has 0 atom stereocenters. The fraction of sp³-hybridized carbons (Fsp3) is 0.391. The number of amides is 1. The minimum absolute atomic E-state index is 0. The number of carboxylic acids is 1. The molecule has 0 saturated heterocycles. The van der Waals surface area contributed by atoms with Gasteiger partial charge in [-0.3, -0.25) is 0 Å². The van der Waals surface area contributed by atoms with Crippen molar-refractivity contribution in [3.05, 3.63) is 60.4 Å². The Labute approximate surface area is 203 Å². The minimum atomic E-state index is -1.21. The molecule has 1 amide bonds. The second kappa shape index (κ2) is 12.8. The molecule has 0 aliphatic heterocycles. The second-order valence-electron chi connectivity index (χ2n) is 7.50. The molecule has 160 valence electrons. The Morgan fingerprint density at radius 3 is 2.16 bits per heavy atom. The number of halogens is 1. The number of hydrogen-bond acceptors (Lipinski definition) is 5. The van der Waals surface area contributed by atoms with Gasteiger partial charge in [0.2, 0.25) is 0 Å². The Morgan fingerprint density at radius 1 is 0.935 bits per heavy atom. The van der Waals surface area contributed by atoms with Crippen molar-refractivity contribution in [3.63, 3.8) is 0 Å². The van der Waals surface area contributed by atoms with E-state index < -0.39 is 17.9 Å². The molecule has 6 nitrogen and oxygen atoms in total. The van der Waals surface area contributed by atoms with Crippen molar-refractivity contribution < 1.29 is 58.1 Å². The molecular formula is C23H25FNNaO5. The molecule has 8 heteroatoms. The monoisotopic (exact) mass is 437 g/mol. The molecule has 0 heterocycles. The Balaban J connectivity index is 0.00000341. The summed E-state index contributed by atoms with van der Waals surface area (Å²) < 4.78 is 24.4. The van der Waals surface area contributed by atoms with Crippen LogP contribution >= 0.6 is 0 Å². The Hall–Kier alpha value is -1.93. The number of nitrogens with zero attached hydrogens (tertiary/aromatic N) is 1.